The van der Waals surface area contributed by atoms with Crippen LogP contribution in [-0.2, 0) is 14.3 Å². The van der Waals surface area contributed by atoms with Crippen molar-refractivity contribution in [2.24, 2.45) is 0 Å². The molecule has 114 valence electrons. The number of carbonyl (C=O) groups excluding carboxylic acids is 1. The first-order valence-electron chi connectivity index (χ1n) is 6.06. The molecule has 1 aromatic carbocycles. The van der Waals surface area contributed by atoms with Crippen molar-refractivity contribution in [2.45, 2.75) is 6.92 Å². The van der Waals surface area contributed by atoms with Crippen LogP contribution in [-0.4, -0.2) is 39.4 Å². The van der Waals surface area contributed by atoms with E-state index in [1.54, 1.807) is 18.2 Å². The summed E-state index contributed by atoms with van der Waals surface area (Å²) >= 11 is 0. The van der Waals surface area contributed by atoms with E-state index in [0.29, 0.717) is 36.9 Å². The summed E-state index contributed by atoms with van der Waals surface area (Å²) in [5.41, 5.74) is 6.82. The van der Waals surface area contributed by atoms with Gasteiger partial charge in [-0.1, -0.05) is 0 Å². The molecule has 0 atom stereocenters. The van der Waals surface area contributed by atoms with Crippen LogP contribution in [0.5, 0.6) is 5.75 Å². The number of methoxy groups -OCH3 is 1. The highest BCUT2D eigenvalue weighted by Gasteiger charge is 2.05. The van der Waals surface area contributed by atoms with Crippen LogP contribution >= 0.6 is 12.4 Å². The molecule has 20 heavy (non-hydrogen) atoms. The Kier molecular flexibility index (Phi) is 9.53. The van der Waals surface area contributed by atoms with E-state index in [1.165, 1.54) is 7.11 Å². The van der Waals surface area contributed by atoms with Crippen molar-refractivity contribution in [2.75, 3.05) is 44.6 Å². The molecule has 0 heterocycles. The number of hydrogen-bond donors (Lipinski definition) is 2. The number of amides is 1. The SMILES string of the molecule is CCOCCOCC(=O)Nc1ccc(OC)c(N)c1.Cl. The van der Waals surface area contributed by atoms with Gasteiger partial charge in [-0.05, 0) is 25.1 Å². The summed E-state index contributed by atoms with van der Waals surface area (Å²) in [5.74, 6) is 0.340. The molecule has 0 saturated carbocycles. The summed E-state index contributed by atoms with van der Waals surface area (Å²) in [6.45, 7) is 3.41. The second kappa shape index (κ2) is 10.3. The zero-order chi connectivity index (χ0) is 14.1. The maximum absolute atomic E-state index is 11.6. The summed E-state index contributed by atoms with van der Waals surface area (Å²) in [5, 5.41) is 2.68. The fourth-order valence-electron chi connectivity index (χ4n) is 1.44. The Morgan fingerprint density at radius 2 is 2.00 bits per heavy atom. The third-order valence-corrected chi connectivity index (χ3v) is 2.32. The summed E-state index contributed by atoms with van der Waals surface area (Å²) in [7, 11) is 1.54. The predicted octanol–water partition coefficient (Wildman–Crippen LogP) is 1.69. The quantitative estimate of drug-likeness (QED) is 0.564. The molecule has 3 N–H and O–H groups in total. The molecule has 0 aromatic heterocycles. The van der Waals surface area contributed by atoms with Gasteiger partial charge in [0.1, 0.15) is 12.4 Å². The average Bonchev–Trinajstić information content (AvgIpc) is 2.39. The fourth-order valence-corrected chi connectivity index (χ4v) is 1.44. The van der Waals surface area contributed by atoms with Gasteiger partial charge in [0.25, 0.3) is 0 Å². The van der Waals surface area contributed by atoms with E-state index in [9.17, 15) is 4.79 Å². The van der Waals surface area contributed by atoms with Gasteiger partial charge in [-0.25, -0.2) is 0 Å². The minimum Gasteiger partial charge on any atom is -0.495 e. The summed E-state index contributed by atoms with van der Waals surface area (Å²) in [4.78, 5) is 11.6. The number of halogens is 1. The summed E-state index contributed by atoms with van der Waals surface area (Å²) in [6, 6.07) is 5.05. The molecule has 0 unspecified atom stereocenters. The second-order valence-corrected chi connectivity index (χ2v) is 3.75. The van der Waals surface area contributed by atoms with Gasteiger partial charge in [0, 0.05) is 12.3 Å². The second-order valence-electron chi connectivity index (χ2n) is 3.75. The van der Waals surface area contributed by atoms with Crippen molar-refractivity contribution >= 4 is 29.7 Å². The zero-order valence-electron chi connectivity index (χ0n) is 11.7. The third-order valence-electron chi connectivity index (χ3n) is 2.32. The van der Waals surface area contributed by atoms with E-state index in [2.05, 4.69) is 5.32 Å². The lowest BCUT2D eigenvalue weighted by molar-refractivity contribution is -0.121. The molecule has 0 fully saturated rings. The number of rotatable bonds is 8. The van der Waals surface area contributed by atoms with Crippen LogP contribution in [0.2, 0.25) is 0 Å². The van der Waals surface area contributed by atoms with E-state index < -0.39 is 0 Å². The predicted molar refractivity (Wildman–Crippen MR) is 80.6 cm³/mol. The number of anilines is 2. The van der Waals surface area contributed by atoms with Gasteiger partial charge >= 0.3 is 0 Å². The Balaban J connectivity index is 0.00000361. The van der Waals surface area contributed by atoms with Crippen LogP contribution in [0.1, 0.15) is 6.92 Å². The van der Waals surface area contributed by atoms with E-state index in [1.807, 2.05) is 6.92 Å². The van der Waals surface area contributed by atoms with E-state index in [0.717, 1.165) is 0 Å². The maximum atomic E-state index is 11.6. The lowest BCUT2D eigenvalue weighted by atomic mass is 10.2. The van der Waals surface area contributed by atoms with Crippen LogP contribution in [0.3, 0.4) is 0 Å². The average molecular weight is 305 g/mol. The summed E-state index contributed by atoms with van der Waals surface area (Å²) in [6.07, 6.45) is 0. The Labute approximate surface area is 125 Å². The minimum atomic E-state index is -0.235. The van der Waals surface area contributed by atoms with Crippen molar-refractivity contribution in [1.82, 2.24) is 0 Å². The highest BCUT2D eigenvalue weighted by molar-refractivity contribution is 5.92. The van der Waals surface area contributed by atoms with Gasteiger partial charge in [0.05, 0.1) is 26.0 Å². The largest absolute Gasteiger partial charge is 0.495 e. The lowest BCUT2D eigenvalue weighted by Gasteiger charge is -2.09. The van der Waals surface area contributed by atoms with Gasteiger partial charge in [-0.3, -0.25) is 4.79 Å². The Hall–Kier alpha value is -1.50. The van der Waals surface area contributed by atoms with E-state index in [4.69, 9.17) is 19.9 Å². The highest BCUT2D eigenvalue weighted by Crippen LogP contribution is 2.24. The molecule has 7 heteroatoms. The van der Waals surface area contributed by atoms with Gasteiger partial charge in [0.15, 0.2) is 0 Å². The molecule has 0 aliphatic heterocycles. The smallest absolute Gasteiger partial charge is 0.250 e. The molecular weight excluding hydrogens is 284 g/mol. The van der Waals surface area contributed by atoms with Crippen LogP contribution in [0.15, 0.2) is 18.2 Å². The fraction of sp³-hybridized carbons (Fsp3) is 0.462. The number of hydrogen-bond acceptors (Lipinski definition) is 5. The van der Waals surface area contributed by atoms with Crippen molar-refractivity contribution in [3.8, 4) is 5.75 Å². The van der Waals surface area contributed by atoms with Crippen LogP contribution in [0, 0.1) is 0 Å². The van der Waals surface area contributed by atoms with Crippen molar-refractivity contribution in [3.05, 3.63) is 18.2 Å². The molecule has 0 saturated heterocycles. The monoisotopic (exact) mass is 304 g/mol. The molecule has 0 bridgehead atoms. The number of carbonyl (C=O) groups is 1. The van der Waals surface area contributed by atoms with Gasteiger partial charge in [-0.15, -0.1) is 12.4 Å². The van der Waals surface area contributed by atoms with Crippen molar-refractivity contribution in [1.29, 1.82) is 0 Å². The van der Waals surface area contributed by atoms with Gasteiger partial charge in [-0.2, -0.15) is 0 Å². The molecule has 0 radical (unpaired) electrons. The standard InChI is InChI=1S/C13H20N2O4.ClH/c1-3-18-6-7-19-9-13(16)15-10-4-5-12(17-2)11(14)8-10;/h4-5,8H,3,6-7,9,14H2,1-2H3,(H,15,16);1H. The number of nitrogens with two attached hydrogens (primary N) is 1. The van der Waals surface area contributed by atoms with E-state index >= 15 is 0 Å². The molecule has 1 rings (SSSR count). The number of benzene rings is 1. The van der Waals surface area contributed by atoms with Gasteiger partial charge < -0.3 is 25.3 Å². The minimum absolute atomic E-state index is 0. The number of nitrogen functional groups attached to an aromatic ring is 1. The molecule has 1 amide bonds. The normalized spacial score (nSPS) is 9.70. The first kappa shape index (κ1) is 18.5. The van der Waals surface area contributed by atoms with Crippen LogP contribution in [0.25, 0.3) is 0 Å². The molecule has 6 nitrogen and oxygen atoms in total. The van der Waals surface area contributed by atoms with Crippen LogP contribution < -0.4 is 15.8 Å². The first-order valence-corrected chi connectivity index (χ1v) is 6.06. The van der Waals surface area contributed by atoms with Crippen molar-refractivity contribution in [3.63, 3.8) is 0 Å². The lowest BCUT2D eigenvalue weighted by Crippen LogP contribution is -2.19. The summed E-state index contributed by atoms with van der Waals surface area (Å²) < 4.78 is 15.3. The topological polar surface area (TPSA) is 82.8 Å². The third kappa shape index (κ3) is 6.60. The molecule has 0 aliphatic carbocycles. The van der Waals surface area contributed by atoms with Crippen LogP contribution in [0.4, 0.5) is 11.4 Å². The maximum Gasteiger partial charge on any atom is 0.250 e. The first-order chi connectivity index (χ1) is 9.17. The Bertz CT molecular complexity index is 415. The Morgan fingerprint density at radius 1 is 1.30 bits per heavy atom. The molecule has 1 aromatic rings. The zero-order valence-corrected chi connectivity index (χ0v) is 12.5. The van der Waals surface area contributed by atoms with Gasteiger partial charge in [0.2, 0.25) is 5.91 Å². The molecule has 0 aliphatic rings. The highest BCUT2D eigenvalue weighted by atomic mass is 35.5. The Morgan fingerprint density at radius 3 is 2.60 bits per heavy atom. The number of nitrogens with one attached hydrogen (secondary N) is 1. The molecule has 0 spiro atoms. The molecular formula is C13H21ClN2O4. The van der Waals surface area contributed by atoms with Crippen molar-refractivity contribution < 1.29 is 19.0 Å². The number of ether oxygens (including phenoxy) is 3. The van der Waals surface area contributed by atoms with E-state index in [-0.39, 0.29) is 24.9 Å².